The van der Waals surface area contributed by atoms with E-state index in [4.69, 9.17) is 0 Å². The summed E-state index contributed by atoms with van der Waals surface area (Å²) in [6.07, 6.45) is 4.22. The Kier molecular flexibility index (Phi) is 4.07. The van der Waals surface area contributed by atoms with Crippen LogP contribution >= 0.6 is 0 Å². The lowest BCUT2D eigenvalue weighted by Gasteiger charge is -2.08. The van der Waals surface area contributed by atoms with Crippen LogP contribution in [0.25, 0.3) is 0 Å². The number of nitrogens with one attached hydrogen (secondary N) is 1. The van der Waals surface area contributed by atoms with Crippen molar-refractivity contribution in [3.05, 3.63) is 46.3 Å². The van der Waals surface area contributed by atoms with Crippen LogP contribution in [0.2, 0.25) is 0 Å². The van der Waals surface area contributed by atoms with E-state index in [1.807, 2.05) is 6.07 Å². The zero-order valence-corrected chi connectivity index (χ0v) is 10.6. The second kappa shape index (κ2) is 5.94. The third-order valence-electron chi connectivity index (χ3n) is 2.77. The van der Waals surface area contributed by atoms with Crippen LogP contribution in [0.15, 0.2) is 30.6 Å². The summed E-state index contributed by atoms with van der Waals surface area (Å²) in [5.41, 5.74) is 1.36. The van der Waals surface area contributed by atoms with E-state index >= 15 is 0 Å². The van der Waals surface area contributed by atoms with E-state index in [0.717, 1.165) is 13.0 Å². The minimum atomic E-state index is -0.352. The average Bonchev–Trinajstić information content (AvgIpc) is 2.87. The number of aromatic nitrogens is 3. The highest BCUT2D eigenvalue weighted by Gasteiger charge is 2.15. The van der Waals surface area contributed by atoms with Gasteiger partial charge in [-0.3, -0.25) is 14.8 Å². The van der Waals surface area contributed by atoms with Crippen molar-refractivity contribution in [1.29, 1.82) is 0 Å². The largest absolute Gasteiger partial charge is 0.379 e. The molecule has 0 fully saturated rings. The highest BCUT2D eigenvalue weighted by atomic mass is 16.6. The molecule has 0 aliphatic heterocycles. The number of aryl methyl sites for hydroxylation is 2. The van der Waals surface area contributed by atoms with Crippen molar-refractivity contribution in [3.8, 4) is 0 Å². The second-order valence-electron chi connectivity index (χ2n) is 4.17. The molecule has 2 aromatic rings. The predicted octanol–water partition coefficient (Wildman–Crippen LogP) is 2.00. The molecule has 1 aromatic heterocycles. The van der Waals surface area contributed by atoms with Crippen molar-refractivity contribution in [2.45, 2.75) is 19.9 Å². The lowest BCUT2D eigenvalue weighted by atomic mass is 10.1. The summed E-state index contributed by atoms with van der Waals surface area (Å²) in [5.74, 6) is 0. The van der Waals surface area contributed by atoms with Gasteiger partial charge in [-0.2, -0.15) is 0 Å². The van der Waals surface area contributed by atoms with Crippen LogP contribution in [-0.2, 0) is 6.54 Å². The van der Waals surface area contributed by atoms with Crippen molar-refractivity contribution >= 4 is 11.4 Å². The Bertz CT molecular complexity index is 553. The quantitative estimate of drug-likeness (QED) is 0.488. The monoisotopic (exact) mass is 261 g/mol. The molecule has 2 rings (SSSR count). The molecule has 0 radical (unpaired) electrons. The molecule has 0 aliphatic carbocycles. The van der Waals surface area contributed by atoms with Crippen molar-refractivity contribution in [2.75, 3.05) is 11.9 Å². The van der Waals surface area contributed by atoms with E-state index in [2.05, 4.69) is 15.6 Å². The minimum Gasteiger partial charge on any atom is -0.379 e. The Hall–Kier alpha value is -2.44. The molecule has 0 bridgehead atoms. The van der Waals surface area contributed by atoms with E-state index in [0.29, 0.717) is 17.8 Å². The number of nitro benzene ring substituents is 1. The Morgan fingerprint density at radius 1 is 1.47 bits per heavy atom. The molecular weight excluding hydrogens is 246 g/mol. The van der Waals surface area contributed by atoms with Crippen molar-refractivity contribution in [2.24, 2.45) is 0 Å². The van der Waals surface area contributed by atoms with Gasteiger partial charge in [0.15, 0.2) is 0 Å². The van der Waals surface area contributed by atoms with Gasteiger partial charge < -0.3 is 5.32 Å². The Balaban J connectivity index is 1.92. The van der Waals surface area contributed by atoms with Gasteiger partial charge in [-0.1, -0.05) is 17.3 Å². The summed E-state index contributed by atoms with van der Waals surface area (Å²) in [6, 6.07) is 5.27. The van der Waals surface area contributed by atoms with Crippen LogP contribution in [-0.4, -0.2) is 26.5 Å². The molecule has 0 unspecified atom stereocenters. The minimum absolute atomic E-state index is 0.142. The molecule has 0 aliphatic rings. The van der Waals surface area contributed by atoms with E-state index in [1.54, 1.807) is 36.1 Å². The van der Waals surface area contributed by atoms with E-state index in [1.165, 1.54) is 0 Å². The molecule has 1 heterocycles. The van der Waals surface area contributed by atoms with E-state index in [-0.39, 0.29) is 10.6 Å². The predicted molar refractivity (Wildman–Crippen MR) is 71.0 cm³/mol. The molecule has 0 saturated heterocycles. The molecular formula is C12H15N5O2. The first-order chi connectivity index (χ1) is 9.18. The lowest BCUT2D eigenvalue weighted by Crippen LogP contribution is -2.09. The van der Waals surface area contributed by atoms with Crippen LogP contribution in [0.5, 0.6) is 0 Å². The molecule has 100 valence electrons. The molecule has 0 amide bonds. The molecule has 0 atom stereocenters. The maximum Gasteiger partial charge on any atom is 0.295 e. The third-order valence-corrected chi connectivity index (χ3v) is 2.77. The molecule has 0 spiro atoms. The van der Waals surface area contributed by atoms with Gasteiger partial charge in [-0.25, -0.2) is 0 Å². The topological polar surface area (TPSA) is 85.9 Å². The Morgan fingerprint density at radius 3 is 3.00 bits per heavy atom. The first-order valence-electron chi connectivity index (χ1n) is 6.00. The van der Waals surface area contributed by atoms with Gasteiger partial charge in [-0.05, 0) is 19.4 Å². The number of benzene rings is 1. The number of anilines is 1. The fourth-order valence-corrected chi connectivity index (χ4v) is 1.86. The summed E-state index contributed by atoms with van der Waals surface area (Å²) in [6.45, 7) is 3.11. The SMILES string of the molecule is Cc1cccc(NCCCn2ccnn2)c1[N+](=O)[O-]. The summed E-state index contributed by atoms with van der Waals surface area (Å²) in [4.78, 5) is 10.7. The average molecular weight is 261 g/mol. The Morgan fingerprint density at radius 2 is 2.32 bits per heavy atom. The number of nitro groups is 1. The second-order valence-corrected chi connectivity index (χ2v) is 4.17. The molecule has 1 N–H and O–H groups in total. The standard InChI is InChI=1S/C12H15N5O2/c1-10-4-2-5-11(12(10)17(18)19)13-6-3-8-16-9-7-14-15-16/h2,4-5,7,9,13H,3,6,8H2,1H3. The van der Waals surface area contributed by atoms with E-state index < -0.39 is 0 Å². The van der Waals surface area contributed by atoms with Gasteiger partial charge in [0.25, 0.3) is 5.69 Å². The highest BCUT2D eigenvalue weighted by Crippen LogP contribution is 2.27. The normalized spacial score (nSPS) is 10.4. The number of rotatable bonds is 6. The molecule has 19 heavy (non-hydrogen) atoms. The first kappa shape index (κ1) is 13.0. The number of para-hydroxylation sites is 1. The van der Waals surface area contributed by atoms with Crippen molar-refractivity contribution < 1.29 is 4.92 Å². The molecule has 1 aromatic carbocycles. The van der Waals surface area contributed by atoms with E-state index in [9.17, 15) is 10.1 Å². The summed E-state index contributed by atoms with van der Waals surface area (Å²) < 4.78 is 1.73. The maximum atomic E-state index is 11.0. The van der Waals surface area contributed by atoms with Crippen LogP contribution in [0.4, 0.5) is 11.4 Å². The smallest absolute Gasteiger partial charge is 0.295 e. The van der Waals surface area contributed by atoms with Gasteiger partial charge in [0.2, 0.25) is 0 Å². The Labute approximate surface area is 110 Å². The van der Waals surface area contributed by atoms with Gasteiger partial charge in [0, 0.05) is 24.8 Å². The van der Waals surface area contributed by atoms with Crippen LogP contribution in [0.3, 0.4) is 0 Å². The fraction of sp³-hybridized carbons (Fsp3) is 0.333. The summed E-state index contributed by atoms with van der Waals surface area (Å²) in [5, 5.41) is 21.7. The third kappa shape index (κ3) is 3.27. The summed E-state index contributed by atoms with van der Waals surface area (Å²) in [7, 11) is 0. The van der Waals surface area contributed by atoms with Gasteiger partial charge in [-0.15, -0.1) is 5.10 Å². The van der Waals surface area contributed by atoms with Crippen LogP contribution in [0, 0.1) is 17.0 Å². The number of hydrogen-bond donors (Lipinski definition) is 1. The maximum absolute atomic E-state index is 11.0. The van der Waals surface area contributed by atoms with Crippen LogP contribution in [0.1, 0.15) is 12.0 Å². The zero-order valence-electron chi connectivity index (χ0n) is 10.6. The van der Waals surface area contributed by atoms with Gasteiger partial charge >= 0.3 is 0 Å². The van der Waals surface area contributed by atoms with Crippen molar-refractivity contribution in [3.63, 3.8) is 0 Å². The molecule has 7 nitrogen and oxygen atoms in total. The fourth-order valence-electron chi connectivity index (χ4n) is 1.86. The lowest BCUT2D eigenvalue weighted by molar-refractivity contribution is -0.384. The first-order valence-corrected chi connectivity index (χ1v) is 6.00. The number of nitrogens with zero attached hydrogens (tertiary/aromatic N) is 4. The zero-order chi connectivity index (χ0) is 13.7. The van der Waals surface area contributed by atoms with Crippen LogP contribution < -0.4 is 5.32 Å². The summed E-state index contributed by atoms with van der Waals surface area (Å²) >= 11 is 0. The highest BCUT2D eigenvalue weighted by molar-refractivity contribution is 5.64. The van der Waals surface area contributed by atoms with Crippen molar-refractivity contribution in [1.82, 2.24) is 15.0 Å². The molecule has 7 heteroatoms. The molecule has 0 saturated carbocycles. The van der Waals surface area contributed by atoms with Gasteiger partial charge in [0.05, 0.1) is 11.1 Å². The number of hydrogen-bond acceptors (Lipinski definition) is 5. The van der Waals surface area contributed by atoms with Gasteiger partial charge in [0.1, 0.15) is 5.69 Å².